The molecule has 0 amide bonds. The van der Waals surface area contributed by atoms with Crippen LogP contribution in [0.3, 0.4) is 0 Å². The normalized spacial score (nSPS) is 26.2. The second-order valence-corrected chi connectivity index (χ2v) is 8.72. The molecule has 0 N–H and O–H groups in total. The molecule has 2 fully saturated rings. The lowest BCUT2D eigenvalue weighted by Crippen LogP contribution is -2.57. The highest BCUT2D eigenvalue weighted by Crippen LogP contribution is 2.37. The molecule has 0 radical (unpaired) electrons. The van der Waals surface area contributed by atoms with Crippen LogP contribution in [0.4, 0.5) is 0 Å². The third kappa shape index (κ3) is 3.07. The van der Waals surface area contributed by atoms with Crippen molar-refractivity contribution in [2.24, 2.45) is 0 Å². The number of ether oxygens (including phenoxy) is 1. The molecule has 2 aliphatic rings. The summed E-state index contributed by atoms with van der Waals surface area (Å²) in [4.78, 5) is 0.387. The van der Waals surface area contributed by atoms with E-state index in [9.17, 15) is 8.42 Å². The highest BCUT2D eigenvalue weighted by atomic mass is 32.2. The van der Waals surface area contributed by atoms with Crippen LogP contribution >= 0.6 is 0 Å². The first-order chi connectivity index (χ1) is 10.4. The minimum absolute atomic E-state index is 0.0490. The van der Waals surface area contributed by atoms with Crippen LogP contribution in [0.1, 0.15) is 44.6 Å². The summed E-state index contributed by atoms with van der Waals surface area (Å²) in [5, 5.41) is 0. The van der Waals surface area contributed by atoms with Gasteiger partial charge < -0.3 is 4.74 Å². The van der Waals surface area contributed by atoms with E-state index in [0.29, 0.717) is 18.0 Å². The summed E-state index contributed by atoms with van der Waals surface area (Å²) in [5.74, 6) is 0. The van der Waals surface area contributed by atoms with E-state index in [0.717, 1.165) is 31.2 Å². The van der Waals surface area contributed by atoms with Crippen LogP contribution in [0.25, 0.3) is 0 Å². The molecule has 122 valence electrons. The van der Waals surface area contributed by atoms with E-state index in [1.54, 1.807) is 16.4 Å². The molecule has 3 rings (SSSR count). The minimum Gasteiger partial charge on any atom is -0.369 e. The number of sulfonamides is 1. The zero-order valence-electron chi connectivity index (χ0n) is 13.4. The fourth-order valence-corrected chi connectivity index (χ4v) is 5.28. The van der Waals surface area contributed by atoms with E-state index < -0.39 is 10.0 Å². The molecular weight excluding hydrogens is 298 g/mol. The largest absolute Gasteiger partial charge is 0.369 e. The molecular formula is C17H25NO3S. The first kappa shape index (κ1) is 16.0. The van der Waals surface area contributed by atoms with Gasteiger partial charge in [-0.05, 0) is 38.8 Å². The van der Waals surface area contributed by atoms with Gasteiger partial charge >= 0.3 is 0 Å². The summed E-state index contributed by atoms with van der Waals surface area (Å²) in [6.45, 7) is 4.88. The van der Waals surface area contributed by atoms with Crippen LogP contribution in [0, 0.1) is 6.92 Å². The number of hydrogen-bond donors (Lipinski definition) is 0. The van der Waals surface area contributed by atoms with Crippen molar-refractivity contribution >= 4 is 10.0 Å². The zero-order chi connectivity index (χ0) is 15.8. The fourth-order valence-electron chi connectivity index (χ4n) is 3.69. The van der Waals surface area contributed by atoms with Gasteiger partial charge in [0.1, 0.15) is 0 Å². The maximum Gasteiger partial charge on any atom is 0.243 e. The average molecular weight is 323 g/mol. The quantitative estimate of drug-likeness (QED) is 0.840. The van der Waals surface area contributed by atoms with E-state index in [1.165, 1.54) is 6.42 Å². The summed E-state index contributed by atoms with van der Waals surface area (Å²) < 4.78 is 33.7. The molecule has 22 heavy (non-hydrogen) atoms. The predicted molar refractivity (Wildman–Crippen MR) is 86.3 cm³/mol. The maximum absolute atomic E-state index is 12.9. The van der Waals surface area contributed by atoms with Gasteiger partial charge in [0.25, 0.3) is 0 Å². The standard InChI is InChI=1S/C17H25NO3S/c1-14-6-8-16(9-7-14)22(19,20)18-12-15(2)21-17(13-18)10-4-3-5-11-17/h6-9,15H,3-5,10-13H2,1-2H3. The van der Waals surface area contributed by atoms with Crippen LogP contribution in [-0.2, 0) is 14.8 Å². The van der Waals surface area contributed by atoms with Crippen molar-refractivity contribution < 1.29 is 13.2 Å². The van der Waals surface area contributed by atoms with E-state index in [-0.39, 0.29) is 11.7 Å². The molecule has 1 aliphatic carbocycles. The first-order valence-corrected chi connectivity index (χ1v) is 9.60. The third-order valence-corrected chi connectivity index (χ3v) is 6.63. The van der Waals surface area contributed by atoms with Crippen LogP contribution in [0.5, 0.6) is 0 Å². The average Bonchev–Trinajstić information content (AvgIpc) is 2.47. The maximum atomic E-state index is 12.9. The molecule has 4 nitrogen and oxygen atoms in total. The highest BCUT2D eigenvalue weighted by molar-refractivity contribution is 7.89. The van der Waals surface area contributed by atoms with Gasteiger partial charge in [-0.1, -0.05) is 37.0 Å². The monoisotopic (exact) mass is 323 g/mol. The summed E-state index contributed by atoms with van der Waals surface area (Å²) in [6, 6.07) is 7.12. The summed E-state index contributed by atoms with van der Waals surface area (Å²) in [7, 11) is -3.43. The first-order valence-electron chi connectivity index (χ1n) is 8.16. The third-order valence-electron chi connectivity index (χ3n) is 4.80. The van der Waals surface area contributed by atoms with Crippen molar-refractivity contribution in [3.05, 3.63) is 29.8 Å². The van der Waals surface area contributed by atoms with E-state index >= 15 is 0 Å². The molecule has 5 heteroatoms. The van der Waals surface area contributed by atoms with E-state index in [4.69, 9.17) is 4.74 Å². The van der Waals surface area contributed by atoms with Gasteiger partial charge in [0.15, 0.2) is 0 Å². The Morgan fingerprint density at radius 1 is 1.14 bits per heavy atom. The molecule has 0 bridgehead atoms. The van der Waals surface area contributed by atoms with Gasteiger partial charge in [0.05, 0.1) is 16.6 Å². The summed E-state index contributed by atoms with van der Waals surface area (Å²) >= 11 is 0. The molecule has 1 unspecified atom stereocenters. The lowest BCUT2D eigenvalue weighted by molar-refractivity contribution is -0.147. The minimum atomic E-state index is -3.43. The lowest BCUT2D eigenvalue weighted by atomic mass is 9.83. The predicted octanol–water partition coefficient (Wildman–Crippen LogP) is 3.11. The van der Waals surface area contributed by atoms with Crippen LogP contribution < -0.4 is 0 Å². The smallest absolute Gasteiger partial charge is 0.243 e. The van der Waals surface area contributed by atoms with Crippen LogP contribution in [-0.4, -0.2) is 37.5 Å². The van der Waals surface area contributed by atoms with Crippen molar-refractivity contribution in [1.29, 1.82) is 0 Å². The number of aryl methyl sites for hydroxylation is 1. The Bertz CT molecular complexity index is 618. The van der Waals surface area contributed by atoms with Gasteiger partial charge in [0, 0.05) is 13.1 Å². The Labute approximate surface area is 133 Å². The lowest BCUT2D eigenvalue weighted by Gasteiger charge is -2.47. The van der Waals surface area contributed by atoms with Gasteiger partial charge in [-0.25, -0.2) is 8.42 Å². The van der Waals surface area contributed by atoms with Crippen LogP contribution in [0.2, 0.25) is 0 Å². The number of benzene rings is 1. The summed E-state index contributed by atoms with van der Waals surface area (Å²) in [5.41, 5.74) is 0.797. The van der Waals surface area contributed by atoms with Crippen molar-refractivity contribution in [3.8, 4) is 0 Å². The Morgan fingerprint density at radius 3 is 2.41 bits per heavy atom. The molecule has 1 saturated carbocycles. The SMILES string of the molecule is Cc1ccc(S(=O)(=O)N2CC(C)OC3(CCCCC3)C2)cc1. The molecule has 1 spiro atoms. The Hall–Kier alpha value is -0.910. The number of nitrogens with zero attached hydrogens (tertiary/aromatic N) is 1. The summed E-state index contributed by atoms with van der Waals surface area (Å²) in [6.07, 6.45) is 5.38. The second-order valence-electron chi connectivity index (χ2n) is 6.78. The van der Waals surface area contributed by atoms with Crippen molar-refractivity contribution in [2.45, 2.75) is 62.6 Å². The van der Waals surface area contributed by atoms with Gasteiger partial charge in [-0.15, -0.1) is 0 Å². The topological polar surface area (TPSA) is 46.6 Å². The molecule has 1 aliphatic heterocycles. The zero-order valence-corrected chi connectivity index (χ0v) is 14.2. The molecule has 1 heterocycles. The van der Waals surface area contributed by atoms with Gasteiger partial charge in [-0.2, -0.15) is 4.31 Å². The molecule has 1 aromatic carbocycles. The number of hydrogen-bond acceptors (Lipinski definition) is 3. The fraction of sp³-hybridized carbons (Fsp3) is 0.647. The Balaban J connectivity index is 1.87. The molecule has 1 atom stereocenters. The Morgan fingerprint density at radius 2 is 1.77 bits per heavy atom. The Kier molecular flexibility index (Phi) is 4.32. The van der Waals surface area contributed by atoms with Gasteiger partial charge in [0.2, 0.25) is 10.0 Å². The van der Waals surface area contributed by atoms with Gasteiger partial charge in [-0.3, -0.25) is 0 Å². The highest BCUT2D eigenvalue weighted by Gasteiger charge is 2.44. The van der Waals surface area contributed by atoms with Crippen LogP contribution in [0.15, 0.2) is 29.2 Å². The van der Waals surface area contributed by atoms with Crippen molar-refractivity contribution in [2.75, 3.05) is 13.1 Å². The van der Waals surface area contributed by atoms with E-state index in [1.807, 2.05) is 26.0 Å². The number of morpholine rings is 1. The second kappa shape index (κ2) is 5.95. The molecule has 1 aromatic rings. The molecule has 0 aromatic heterocycles. The number of rotatable bonds is 2. The van der Waals surface area contributed by atoms with Crippen molar-refractivity contribution in [3.63, 3.8) is 0 Å². The molecule has 1 saturated heterocycles. The van der Waals surface area contributed by atoms with Crippen molar-refractivity contribution in [1.82, 2.24) is 4.31 Å². The van der Waals surface area contributed by atoms with E-state index in [2.05, 4.69) is 0 Å².